The van der Waals surface area contributed by atoms with Crippen molar-refractivity contribution in [1.29, 1.82) is 0 Å². The fraction of sp³-hybridized carbons (Fsp3) is 0.929. The summed E-state index contributed by atoms with van der Waals surface area (Å²) in [6.07, 6.45) is 42.2. The standard InChI is InChI=1S/C42H81NO5/c1-3-5-7-9-11-13-15-17-19-21-22-24-26-28-30-32-34-36-40(44)43-39(38-41(45)46)42(47)48-37-35-33-31-29-27-25-23-20-18-16-14-12-10-8-6-4-2/h39H,3-38H2,1-2H3,(H,43,44)(H,45,46)/t39-/m0/s1. The molecule has 284 valence electrons. The number of unbranched alkanes of at least 4 members (excludes halogenated alkanes) is 31. The first-order valence-electron chi connectivity index (χ1n) is 21.2. The van der Waals surface area contributed by atoms with Crippen LogP contribution in [0.2, 0.25) is 0 Å². The molecule has 2 N–H and O–H groups in total. The molecule has 0 aliphatic carbocycles. The molecule has 0 radical (unpaired) electrons. The maximum atomic E-state index is 12.5. The van der Waals surface area contributed by atoms with Crippen molar-refractivity contribution < 1.29 is 24.2 Å². The normalized spacial score (nSPS) is 11.9. The van der Waals surface area contributed by atoms with E-state index >= 15 is 0 Å². The van der Waals surface area contributed by atoms with Crippen LogP contribution >= 0.6 is 0 Å². The summed E-state index contributed by atoms with van der Waals surface area (Å²) in [7, 11) is 0. The number of carboxylic acid groups (broad SMARTS) is 1. The van der Waals surface area contributed by atoms with Gasteiger partial charge in [-0.25, -0.2) is 4.79 Å². The SMILES string of the molecule is CCCCCCCCCCCCCCCCCCCC(=O)N[C@@H](CC(=O)O)C(=O)OCCCCCCCCCCCCCCCCCC. The zero-order valence-electron chi connectivity index (χ0n) is 32.1. The van der Waals surface area contributed by atoms with E-state index in [4.69, 9.17) is 4.74 Å². The first-order chi connectivity index (χ1) is 23.5. The minimum absolute atomic E-state index is 0.262. The molecule has 0 aliphatic heterocycles. The number of hydrogen-bond acceptors (Lipinski definition) is 4. The number of aliphatic carboxylic acids is 1. The maximum absolute atomic E-state index is 12.5. The summed E-state index contributed by atoms with van der Waals surface area (Å²) in [5, 5.41) is 11.9. The van der Waals surface area contributed by atoms with E-state index in [0.29, 0.717) is 6.42 Å². The summed E-state index contributed by atoms with van der Waals surface area (Å²) in [6, 6.07) is -1.11. The molecule has 0 aromatic rings. The summed E-state index contributed by atoms with van der Waals surface area (Å²) in [4.78, 5) is 36.2. The topological polar surface area (TPSA) is 92.7 Å². The van der Waals surface area contributed by atoms with Gasteiger partial charge in [0, 0.05) is 6.42 Å². The van der Waals surface area contributed by atoms with Crippen LogP contribution < -0.4 is 5.32 Å². The van der Waals surface area contributed by atoms with Gasteiger partial charge in [0.1, 0.15) is 6.04 Å². The van der Waals surface area contributed by atoms with Crippen molar-refractivity contribution in [3.05, 3.63) is 0 Å². The number of rotatable bonds is 39. The highest BCUT2D eigenvalue weighted by Crippen LogP contribution is 2.16. The number of amides is 1. The van der Waals surface area contributed by atoms with Crippen molar-refractivity contribution in [2.75, 3.05) is 6.61 Å². The van der Waals surface area contributed by atoms with Gasteiger partial charge in [0.15, 0.2) is 0 Å². The van der Waals surface area contributed by atoms with Crippen LogP contribution in [0, 0.1) is 0 Å². The Balaban J connectivity index is 3.69. The highest BCUT2D eigenvalue weighted by Gasteiger charge is 2.25. The molecule has 6 heteroatoms. The Morgan fingerprint density at radius 1 is 0.458 bits per heavy atom. The molecule has 48 heavy (non-hydrogen) atoms. The van der Waals surface area contributed by atoms with Crippen LogP contribution in [0.4, 0.5) is 0 Å². The summed E-state index contributed by atoms with van der Waals surface area (Å²) in [6.45, 7) is 4.82. The Kier molecular flexibility index (Phi) is 36.9. The second-order valence-electron chi connectivity index (χ2n) is 14.6. The van der Waals surface area contributed by atoms with Crippen molar-refractivity contribution in [2.24, 2.45) is 0 Å². The molecule has 0 saturated heterocycles. The van der Waals surface area contributed by atoms with E-state index < -0.39 is 24.4 Å². The third kappa shape index (κ3) is 35.7. The van der Waals surface area contributed by atoms with Gasteiger partial charge >= 0.3 is 11.9 Å². The number of carbonyl (C=O) groups is 3. The largest absolute Gasteiger partial charge is 0.481 e. The number of carbonyl (C=O) groups excluding carboxylic acids is 2. The second-order valence-corrected chi connectivity index (χ2v) is 14.6. The molecule has 0 saturated carbocycles. The van der Waals surface area contributed by atoms with Crippen LogP contribution in [-0.4, -0.2) is 35.6 Å². The Bertz CT molecular complexity index is 712. The maximum Gasteiger partial charge on any atom is 0.329 e. The Morgan fingerprint density at radius 3 is 1.06 bits per heavy atom. The quantitative estimate of drug-likeness (QED) is 0.0498. The van der Waals surface area contributed by atoms with Gasteiger partial charge in [0.2, 0.25) is 5.91 Å². The van der Waals surface area contributed by atoms with Crippen LogP contribution in [0.15, 0.2) is 0 Å². The molecule has 0 fully saturated rings. The van der Waals surface area contributed by atoms with Gasteiger partial charge in [-0.05, 0) is 12.8 Å². The fourth-order valence-corrected chi connectivity index (χ4v) is 6.57. The van der Waals surface area contributed by atoms with Gasteiger partial charge in [-0.2, -0.15) is 0 Å². The van der Waals surface area contributed by atoms with E-state index in [1.807, 2.05) is 0 Å². The Labute approximate surface area is 298 Å². The van der Waals surface area contributed by atoms with Gasteiger partial charge in [0.05, 0.1) is 13.0 Å². The molecule has 0 rings (SSSR count). The minimum atomic E-state index is -1.11. The van der Waals surface area contributed by atoms with Gasteiger partial charge in [-0.1, -0.05) is 213 Å². The highest BCUT2D eigenvalue weighted by molar-refractivity contribution is 5.87. The first kappa shape index (κ1) is 46.4. The number of hydrogen-bond donors (Lipinski definition) is 2. The molecule has 0 heterocycles. The molecule has 0 aromatic carbocycles. The van der Waals surface area contributed by atoms with Gasteiger partial charge in [-0.15, -0.1) is 0 Å². The van der Waals surface area contributed by atoms with Gasteiger partial charge in [0.25, 0.3) is 0 Å². The number of esters is 1. The number of nitrogens with one attached hydrogen (secondary N) is 1. The van der Waals surface area contributed by atoms with Crippen LogP contribution in [-0.2, 0) is 19.1 Å². The Hall–Kier alpha value is -1.59. The summed E-state index contributed by atoms with van der Waals surface area (Å²) in [5.41, 5.74) is 0. The molecule has 0 unspecified atom stereocenters. The van der Waals surface area contributed by atoms with E-state index in [1.165, 1.54) is 173 Å². The highest BCUT2D eigenvalue weighted by atomic mass is 16.5. The average molecular weight is 680 g/mol. The van der Waals surface area contributed by atoms with Crippen molar-refractivity contribution >= 4 is 17.8 Å². The van der Waals surface area contributed by atoms with Crippen LogP contribution in [0.25, 0.3) is 0 Å². The lowest BCUT2D eigenvalue weighted by Gasteiger charge is -2.16. The molecule has 1 amide bonds. The third-order valence-electron chi connectivity index (χ3n) is 9.75. The third-order valence-corrected chi connectivity index (χ3v) is 9.75. The van der Waals surface area contributed by atoms with E-state index in [0.717, 1.165) is 38.5 Å². The molecular weight excluding hydrogens is 598 g/mol. The van der Waals surface area contributed by atoms with E-state index in [2.05, 4.69) is 19.2 Å². The predicted molar refractivity (Wildman–Crippen MR) is 203 cm³/mol. The molecule has 0 aromatic heterocycles. The zero-order chi connectivity index (χ0) is 35.2. The fourth-order valence-electron chi connectivity index (χ4n) is 6.57. The summed E-state index contributed by atoms with van der Waals surface area (Å²) in [5.74, 6) is -2.01. The van der Waals surface area contributed by atoms with Crippen LogP contribution in [0.5, 0.6) is 0 Å². The average Bonchev–Trinajstić information content (AvgIpc) is 3.07. The van der Waals surface area contributed by atoms with Gasteiger partial charge < -0.3 is 15.2 Å². The number of carboxylic acids is 1. The number of ether oxygens (including phenoxy) is 1. The summed E-state index contributed by atoms with van der Waals surface area (Å²) < 4.78 is 5.35. The Morgan fingerprint density at radius 2 is 0.750 bits per heavy atom. The lowest BCUT2D eigenvalue weighted by molar-refractivity contribution is -0.151. The van der Waals surface area contributed by atoms with E-state index in [1.54, 1.807) is 0 Å². The van der Waals surface area contributed by atoms with Crippen LogP contribution in [0.1, 0.15) is 239 Å². The van der Waals surface area contributed by atoms with E-state index in [-0.39, 0.29) is 12.5 Å². The second kappa shape index (κ2) is 38.2. The predicted octanol–water partition coefficient (Wildman–Crippen LogP) is 12.8. The molecule has 6 nitrogen and oxygen atoms in total. The van der Waals surface area contributed by atoms with E-state index in [9.17, 15) is 19.5 Å². The van der Waals surface area contributed by atoms with Crippen molar-refractivity contribution in [2.45, 2.75) is 245 Å². The van der Waals surface area contributed by atoms with Gasteiger partial charge in [-0.3, -0.25) is 9.59 Å². The molecule has 1 atom stereocenters. The minimum Gasteiger partial charge on any atom is -0.481 e. The first-order valence-corrected chi connectivity index (χ1v) is 21.2. The smallest absolute Gasteiger partial charge is 0.329 e. The zero-order valence-corrected chi connectivity index (χ0v) is 32.1. The van der Waals surface area contributed by atoms with Crippen molar-refractivity contribution in [3.8, 4) is 0 Å². The molecular formula is C42H81NO5. The lowest BCUT2D eigenvalue weighted by Crippen LogP contribution is -2.43. The van der Waals surface area contributed by atoms with Crippen molar-refractivity contribution in [3.63, 3.8) is 0 Å². The van der Waals surface area contributed by atoms with Crippen molar-refractivity contribution in [1.82, 2.24) is 5.32 Å². The lowest BCUT2D eigenvalue weighted by atomic mass is 10.0. The van der Waals surface area contributed by atoms with Crippen LogP contribution in [0.3, 0.4) is 0 Å². The summed E-state index contributed by atoms with van der Waals surface area (Å²) >= 11 is 0. The monoisotopic (exact) mass is 680 g/mol. The molecule has 0 bridgehead atoms. The molecule has 0 spiro atoms. The molecule has 0 aliphatic rings.